The van der Waals surface area contributed by atoms with Crippen LogP contribution in [0, 0.1) is 0 Å². The Bertz CT molecular complexity index is 546. The average Bonchev–Trinajstić information content (AvgIpc) is 2.30. The summed E-state index contributed by atoms with van der Waals surface area (Å²) in [4.78, 5) is -1.36. The van der Waals surface area contributed by atoms with Crippen molar-refractivity contribution in [3.63, 3.8) is 0 Å². The first-order valence-electron chi connectivity index (χ1n) is 4.90. The van der Waals surface area contributed by atoms with Crippen molar-refractivity contribution >= 4 is 29.0 Å². The summed E-state index contributed by atoms with van der Waals surface area (Å²) < 4.78 is 45.5. The van der Waals surface area contributed by atoms with Crippen LogP contribution >= 0.6 is 19.2 Å². The Balaban J connectivity index is 3.41. The third kappa shape index (κ3) is 3.33. The molecule has 0 saturated heterocycles. The second-order valence-electron chi connectivity index (χ2n) is 3.64. The van der Waals surface area contributed by atoms with Crippen molar-refractivity contribution in [2.45, 2.75) is 4.99 Å². The van der Waals surface area contributed by atoms with Gasteiger partial charge in [0.25, 0.3) is 0 Å². The standard InChI is InChI=1S/C10H14ClO5PS/c1-15-17(12,16-2)10(18(3,13)14)8-4-6-9(11)7-5-8/h4-7,10H,1-3H3. The lowest BCUT2D eigenvalue weighted by molar-refractivity contribution is 0.273. The van der Waals surface area contributed by atoms with Gasteiger partial charge in [-0.15, -0.1) is 0 Å². The zero-order valence-corrected chi connectivity index (χ0v) is 12.6. The van der Waals surface area contributed by atoms with Crippen LogP contribution in [-0.4, -0.2) is 28.9 Å². The van der Waals surface area contributed by atoms with Crippen LogP contribution in [0.4, 0.5) is 0 Å². The summed E-state index contributed by atoms with van der Waals surface area (Å²) in [6.07, 6.45) is 0.983. The van der Waals surface area contributed by atoms with Crippen LogP contribution in [0.3, 0.4) is 0 Å². The Labute approximate surface area is 112 Å². The molecule has 0 aromatic heterocycles. The van der Waals surface area contributed by atoms with Gasteiger partial charge in [0, 0.05) is 25.5 Å². The summed E-state index contributed by atoms with van der Waals surface area (Å²) in [5.74, 6) is 0. The first kappa shape index (κ1) is 15.7. The molecule has 18 heavy (non-hydrogen) atoms. The maximum Gasteiger partial charge on any atom is 0.352 e. The van der Waals surface area contributed by atoms with Gasteiger partial charge in [0.1, 0.15) is 0 Å². The van der Waals surface area contributed by atoms with E-state index >= 15 is 0 Å². The molecule has 1 aromatic rings. The Morgan fingerprint density at radius 3 is 1.94 bits per heavy atom. The fraction of sp³-hybridized carbons (Fsp3) is 0.400. The fourth-order valence-corrected chi connectivity index (χ4v) is 5.80. The molecule has 8 heteroatoms. The molecule has 0 saturated carbocycles. The Kier molecular flexibility index (Phi) is 4.98. The van der Waals surface area contributed by atoms with E-state index in [2.05, 4.69) is 0 Å². The number of hydrogen-bond donors (Lipinski definition) is 0. The largest absolute Gasteiger partial charge is 0.352 e. The predicted molar refractivity (Wildman–Crippen MR) is 70.7 cm³/mol. The van der Waals surface area contributed by atoms with E-state index in [4.69, 9.17) is 20.6 Å². The number of benzene rings is 1. The van der Waals surface area contributed by atoms with Crippen LogP contribution in [0.25, 0.3) is 0 Å². The smallest absolute Gasteiger partial charge is 0.311 e. The van der Waals surface area contributed by atoms with E-state index in [0.29, 0.717) is 10.6 Å². The molecule has 0 N–H and O–H groups in total. The van der Waals surface area contributed by atoms with Crippen molar-refractivity contribution in [1.29, 1.82) is 0 Å². The normalized spacial score (nSPS) is 14.4. The van der Waals surface area contributed by atoms with E-state index < -0.39 is 22.4 Å². The molecule has 0 heterocycles. The van der Waals surface area contributed by atoms with Gasteiger partial charge in [0.2, 0.25) is 0 Å². The van der Waals surface area contributed by atoms with Crippen molar-refractivity contribution in [1.82, 2.24) is 0 Å². The maximum absolute atomic E-state index is 12.3. The molecule has 0 spiro atoms. The monoisotopic (exact) mass is 312 g/mol. The molecule has 102 valence electrons. The minimum Gasteiger partial charge on any atom is -0.311 e. The van der Waals surface area contributed by atoms with Gasteiger partial charge in [-0.25, -0.2) is 8.42 Å². The lowest BCUT2D eigenvalue weighted by Crippen LogP contribution is -2.14. The first-order chi connectivity index (χ1) is 8.24. The van der Waals surface area contributed by atoms with Crippen molar-refractivity contribution in [2.75, 3.05) is 20.5 Å². The van der Waals surface area contributed by atoms with Crippen molar-refractivity contribution < 1.29 is 22.0 Å². The topological polar surface area (TPSA) is 69.7 Å². The molecule has 1 unspecified atom stereocenters. The number of sulfone groups is 1. The van der Waals surface area contributed by atoms with Crippen molar-refractivity contribution in [3.05, 3.63) is 34.9 Å². The minimum atomic E-state index is -3.78. The van der Waals surface area contributed by atoms with Crippen LogP contribution in [0.1, 0.15) is 10.6 Å². The zero-order chi connectivity index (χ0) is 14.0. The van der Waals surface area contributed by atoms with Gasteiger partial charge in [-0.3, -0.25) is 4.57 Å². The molecule has 0 amide bonds. The second-order valence-corrected chi connectivity index (χ2v) is 8.88. The van der Waals surface area contributed by atoms with Crippen LogP contribution in [0.2, 0.25) is 5.02 Å². The van der Waals surface area contributed by atoms with E-state index in [1.54, 1.807) is 0 Å². The number of hydrogen-bond acceptors (Lipinski definition) is 5. The second kappa shape index (κ2) is 5.72. The molecule has 5 nitrogen and oxygen atoms in total. The zero-order valence-electron chi connectivity index (χ0n) is 10.2. The molecule has 0 bridgehead atoms. The summed E-state index contributed by atoms with van der Waals surface area (Å²) in [6, 6.07) is 6.01. The third-order valence-electron chi connectivity index (χ3n) is 2.36. The predicted octanol–water partition coefficient (Wildman–Crippen LogP) is 2.87. The van der Waals surface area contributed by atoms with Gasteiger partial charge in [-0.2, -0.15) is 0 Å². The van der Waals surface area contributed by atoms with Gasteiger partial charge in [0.05, 0.1) is 0 Å². The van der Waals surface area contributed by atoms with Crippen LogP contribution in [-0.2, 0) is 23.4 Å². The third-order valence-corrected chi connectivity index (χ3v) is 7.51. The molecule has 0 fully saturated rings. The highest BCUT2D eigenvalue weighted by Gasteiger charge is 2.43. The Morgan fingerprint density at radius 1 is 1.17 bits per heavy atom. The van der Waals surface area contributed by atoms with E-state index in [1.165, 1.54) is 24.3 Å². The SMILES string of the molecule is COP(=O)(OC)C(c1ccc(Cl)cc1)S(C)(=O)=O. The average molecular weight is 313 g/mol. The van der Waals surface area contributed by atoms with Crippen molar-refractivity contribution in [2.24, 2.45) is 0 Å². The van der Waals surface area contributed by atoms with E-state index in [9.17, 15) is 13.0 Å². The molecular formula is C10H14ClO5PS. The molecule has 1 atom stereocenters. The lowest BCUT2D eigenvalue weighted by atomic mass is 10.2. The molecular weight excluding hydrogens is 299 g/mol. The van der Waals surface area contributed by atoms with Gasteiger partial charge < -0.3 is 9.05 Å². The minimum absolute atomic E-state index is 0.314. The van der Waals surface area contributed by atoms with E-state index in [1.807, 2.05) is 0 Å². The van der Waals surface area contributed by atoms with Crippen LogP contribution in [0.15, 0.2) is 24.3 Å². The van der Waals surface area contributed by atoms with Gasteiger partial charge in [-0.05, 0) is 17.7 Å². The highest BCUT2D eigenvalue weighted by Crippen LogP contribution is 2.62. The van der Waals surface area contributed by atoms with Gasteiger partial charge in [-0.1, -0.05) is 23.7 Å². The quantitative estimate of drug-likeness (QED) is 0.782. The van der Waals surface area contributed by atoms with Gasteiger partial charge >= 0.3 is 7.60 Å². The highest BCUT2D eigenvalue weighted by molar-refractivity contribution is 7.97. The summed E-state index contributed by atoms with van der Waals surface area (Å²) >= 11 is 5.73. The van der Waals surface area contributed by atoms with Crippen molar-refractivity contribution in [3.8, 4) is 0 Å². The van der Waals surface area contributed by atoms with Crippen LogP contribution in [0.5, 0.6) is 0 Å². The lowest BCUT2D eigenvalue weighted by Gasteiger charge is -2.23. The summed E-state index contributed by atoms with van der Waals surface area (Å²) in [5.41, 5.74) is 0.314. The number of halogens is 1. The summed E-state index contributed by atoms with van der Waals surface area (Å²) in [6.45, 7) is 0. The molecule has 1 aromatic carbocycles. The molecule has 0 aliphatic heterocycles. The van der Waals surface area contributed by atoms with E-state index in [0.717, 1.165) is 20.5 Å². The summed E-state index contributed by atoms with van der Waals surface area (Å²) in [7, 11) is -5.15. The molecule has 1 rings (SSSR count). The molecule has 0 radical (unpaired) electrons. The Morgan fingerprint density at radius 2 is 1.61 bits per heavy atom. The molecule has 0 aliphatic carbocycles. The van der Waals surface area contributed by atoms with Gasteiger partial charge in [0.15, 0.2) is 14.8 Å². The maximum atomic E-state index is 12.3. The van der Waals surface area contributed by atoms with E-state index in [-0.39, 0.29) is 0 Å². The Hall–Kier alpha value is -0.390. The highest BCUT2D eigenvalue weighted by atomic mass is 35.5. The summed E-state index contributed by atoms with van der Waals surface area (Å²) in [5, 5.41) is 0.454. The molecule has 0 aliphatic rings. The van der Waals surface area contributed by atoms with Crippen LogP contribution < -0.4 is 0 Å². The first-order valence-corrected chi connectivity index (χ1v) is 8.84. The fourth-order valence-electron chi connectivity index (χ4n) is 1.56. The number of rotatable bonds is 5.